The molecule has 0 unspecified atom stereocenters. The zero-order valence-electron chi connectivity index (χ0n) is 11.4. The predicted octanol–water partition coefficient (Wildman–Crippen LogP) is 3.00. The maximum atomic E-state index is 13.0. The number of anilines is 1. The van der Waals surface area contributed by atoms with Gasteiger partial charge in [-0.2, -0.15) is 0 Å². The van der Waals surface area contributed by atoms with Crippen molar-refractivity contribution in [1.29, 1.82) is 0 Å². The molecule has 2 rings (SSSR count). The summed E-state index contributed by atoms with van der Waals surface area (Å²) in [6.07, 6.45) is 0. The Balaban J connectivity index is 2.41. The van der Waals surface area contributed by atoms with Crippen LogP contribution in [-0.4, -0.2) is 8.42 Å². The molecule has 2 N–H and O–H groups in total. The summed E-state index contributed by atoms with van der Waals surface area (Å²) >= 11 is 0. The first-order valence-electron chi connectivity index (χ1n) is 6.13. The van der Waals surface area contributed by atoms with Gasteiger partial charge in [0.15, 0.2) is 9.84 Å². The molecule has 0 atom stereocenters. The van der Waals surface area contributed by atoms with E-state index in [0.717, 1.165) is 5.56 Å². The molecule has 0 saturated heterocycles. The van der Waals surface area contributed by atoms with Crippen molar-refractivity contribution in [3.8, 4) is 0 Å². The summed E-state index contributed by atoms with van der Waals surface area (Å²) in [6.45, 7) is 3.53. The Morgan fingerprint density at radius 2 is 1.80 bits per heavy atom. The van der Waals surface area contributed by atoms with Crippen LogP contribution in [0.25, 0.3) is 0 Å². The molecule has 0 aliphatic rings. The van der Waals surface area contributed by atoms with Crippen LogP contribution in [0, 0.1) is 19.7 Å². The van der Waals surface area contributed by atoms with Crippen molar-refractivity contribution >= 4 is 15.5 Å². The minimum Gasteiger partial charge on any atom is -0.398 e. The second-order valence-corrected chi connectivity index (χ2v) is 6.83. The molecule has 0 aromatic heterocycles. The van der Waals surface area contributed by atoms with Crippen LogP contribution >= 0.6 is 0 Å². The SMILES string of the molecule is Cc1ccc(S(=O)(=O)Cc2ccc(F)cc2C)c(N)c1. The fourth-order valence-corrected chi connectivity index (χ4v) is 3.64. The van der Waals surface area contributed by atoms with E-state index in [4.69, 9.17) is 5.73 Å². The number of rotatable bonds is 3. The van der Waals surface area contributed by atoms with E-state index < -0.39 is 9.84 Å². The van der Waals surface area contributed by atoms with Gasteiger partial charge in [0.25, 0.3) is 0 Å². The van der Waals surface area contributed by atoms with E-state index in [0.29, 0.717) is 11.1 Å². The van der Waals surface area contributed by atoms with Crippen LogP contribution in [0.2, 0.25) is 0 Å². The molecule has 20 heavy (non-hydrogen) atoms. The van der Waals surface area contributed by atoms with Crippen LogP contribution in [-0.2, 0) is 15.6 Å². The van der Waals surface area contributed by atoms with Crippen molar-refractivity contribution in [2.24, 2.45) is 0 Å². The monoisotopic (exact) mass is 293 g/mol. The van der Waals surface area contributed by atoms with E-state index in [1.807, 2.05) is 6.92 Å². The van der Waals surface area contributed by atoms with E-state index >= 15 is 0 Å². The van der Waals surface area contributed by atoms with Crippen molar-refractivity contribution in [2.45, 2.75) is 24.5 Å². The molecule has 0 fully saturated rings. The summed E-state index contributed by atoms with van der Waals surface area (Å²) in [6, 6.07) is 8.93. The van der Waals surface area contributed by atoms with Gasteiger partial charge in [-0.1, -0.05) is 12.1 Å². The highest BCUT2D eigenvalue weighted by molar-refractivity contribution is 7.90. The smallest absolute Gasteiger partial charge is 0.184 e. The quantitative estimate of drug-likeness (QED) is 0.885. The highest BCUT2D eigenvalue weighted by Gasteiger charge is 2.19. The van der Waals surface area contributed by atoms with Gasteiger partial charge in [-0.3, -0.25) is 0 Å². The molecule has 0 aliphatic heterocycles. The van der Waals surface area contributed by atoms with Gasteiger partial charge in [0.1, 0.15) is 5.82 Å². The summed E-state index contributed by atoms with van der Waals surface area (Å²) in [5, 5.41) is 0. The van der Waals surface area contributed by atoms with Crippen LogP contribution in [0.5, 0.6) is 0 Å². The van der Waals surface area contributed by atoms with Gasteiger partial charge in [-0.15, -0.1) is 0 Å². The average molecular weight is 293 g/mol. The molecule has 0 spiro atoms. The Kier molecular flexibility index (Phi) is 3.81. The summed E-state index contributed by atoms with van der Waals surface area (Å²) in [5.74, 6) is -0.565. The lowest BCUT2D eigenvalue weighted by Crippen LogP contribution is -2.09. The molecular formula is C15H16FNO2S. The normalized spacial score (nSPS) is 11.6. The van der Waals surface area contributed by atoms with Crippen molar-refractivity contribution in [2.75, 3.05) is 5.73 Å². The average Bonchev–Trinajstić information content (AvgIpc) is 2.32. The fourth-order valence-electron chi connectivity index (χ4n) is 2.05. The third-order valence-electron chi connectivity index (χ3n) is 3.15. The van der Waals surface area contributed by atoms with Gasteiger partial charge in [0.05, 0.1) is 16.3 Å². The molecule has 0 radical (unpaired) electrons. The molecular weight excluding hydrogens is 277 g/mol. The molecule has 106 valence electrons. The fraction of sp³-hybridized carbons (Fsp3) is 0.200. The van der Waals surface area contributed by atoms with Crippen LogP contribution in [0.15, 0.2) is 41.3 Å². The summed E-state index contributed by atoms with van der Waals surface area (Å²) in [7, 11) is -3.54. The number of nitrogen functional groups attached to an aromatic ring is 1. The third kappa shape index (κ3) is 2.99. The van der Waals surface area contributed by atoms with Gasteiger partial charge in [-0.05, 0) is 54.8 Å². The number of hydrogen-bond donors (Lipinski definition) is 1. The highest BCUT2D eigenvalue weighted by Crippen LogP contribution is 2.24. The molecule has 0 amide bonds. The zero-order valence-corrected chi connectivity index (χ0v) is 12.2. The molecule has 0 saturated carbocycles. The van der Waals surface area contributed by atoms with Crippen LogP contribution in [0.1, 0.15) is 16.7 Å². The number of aryl methyl sites for hydroxylation is 2. The van der Waals surface area contributed by atoms with Gasteiger partial charge in [0.2, 0.25) is 0 Å². The molecule has 2 aromatic rings. The second kappa shape index (κ2) is 5.25. The minimum absolute atomic E-state index is 0.117. The van der Waals surface area contributed by atoms with E-state index in [2.05, 4.69) is 0 Å². The molecule has 0 aliphatic carbocycles. The Labute approximate surface area is 118 Å². The predicted molar refractivity (Wildman–Crippen MR) is 77.6 cm³/mol. The zero-order chi connectivity index (χ0) is 14.9. The van der Waals surface area contributed by atoms with Crippen molar-refractivity contribution in [3.63, 3.8) is 0 Å². The third-order valence-corrected chi connectivity index (χ3v) is 4.88. The van der Waals surface area contributed by atoms with Crippen LogP contribution < -0.4 is 5.73 Å². The standard InChI is InChI=1S/C15H16FNO2S/c1-10-3-6-15(14(17)7-10)20(18,19)9-12-4-5-13(16)8-11(12)2/h3-8H,9,17H2,1-2H3. The van der Waals surface area contributed by atoms with Gasteiger partial charge in [-0.25, -0.2) is 12.8 Å². The molecule has 3 nitrogen and oxygen atoms in total. The van der Waals surface area contributed by atoms with Gasteiger partial charge in [0, 0.05) is 0 Å². The first-order chi connectivity index (χ1) is 9.29. The Hall–Kier alpha value is -1.88. The number of sulfone groups is 1. The maximum Gasteiger partial charge on any atom is 0.184 e. The maximum absolute atomic E-state index is 13.0. The molecule has 5 heteroatoms. The highest BCUT2D eigenvalue weighted by atomic mass is 32.2. The minimum atomic E-state index is -3.54. The number of benzene rings is 2. The lowest BCUT2D eigenvalue weighted by molar-refractivity contribution is 0.595. The van der Waals surface area contributed by atoms with E-state index in [9.17, 15) is 12.8 Å². The summed E-state index contributed by atoms with van der Waals surface area (Å²) < 4.78 is 37.8. The summed E-state index contributed by atoms with van der Waals surface area (Å²) in [4.78, 5) is 0.117. The van der Waals surface area contributed by atoms with Crippen molar-refractivity contribution in [3.05, 3.63) is 58.9 Å². The van der Waals surface area contributed by atoms with Crippen LogP contribution in [0.4, 0.5) is 10.1 Å². The lowest BCUT2D eigenvalue weighted by atomic mass is 10.1. The first kappa shape index (κ1) is 14.5. The molecule has 0 heterocycles. The van der Waals surface area contributed by atoms with E-state index in [1.54, 1.807) is 19.1 Å². The Bertz CT molecular complexity index is 754. The molecule has 2 aromatic carbocycles. The van der Waals surface area contributed by atoms with Crippen molar-refractivity contribution in [1.82, 2.24) is 0 Å². The van der Waals surface area contributed by atoms with Gasteiger partial charge >= 0.3 is 0 Å². The summed E-state index contributed by atoms with van der Waals surface area (Å²) in [5.41, 5.74) is 8.11. The first-order valence-corrected chi connectivity index (χ1v) is 7.79. The van der Waals surface area contributed by atoms with Crippen molar-refractivity contribution < 1.29 is 12.8 Å². The Morgan fingerprint density at radius 1 is 1.10 bits per heavy atom. The van der Waals surface area contributed by atoms with Gasteiger partial charge < -0.3 is 5.73 Å². The number of hydrogen-bond acceptors (Lipinski definition) is 3. The lowest BCUT2D eigenvalue weighted by Gasteiger charge is -2.10. The topological polar surface area (TPSA) is 60.2 Å². The second-order valence-electron chi connectivity index (χ2n) is 4.87. The number of nitrogens with two attached hydrogens (primary N) is 1. The van der Waals surface area contributed by atoms with E-state index in [1.165, 1.54) is 24.3 Å². The number of halogens is 1. The molecule has 0 bridgehead atoms. The van der Waals surface area contributed by atoms with Crippen LogP contribution in [0.3, 0.4) is 0 Å². The Morgan fingerprint density at radius 3 is 2.40 bits per heavy atom. The van der Waals surface area contributed by atoms with E-state index in [-0.39, 0.29) is 22.2 Å². The largest absolute Gasteiger partial charge is 0.398 e.